The third kappa shape index (κ3) is 2.13. The summed E-state index contributed by atoms with van der Waals surface area (Å²) in [4.78, 5) is 27.2. The lowest BCUT2D eigenvalue weighted by Gasteiger charge is -2.15. The molecule has 18 heavy (non-hydrogen) atoms. The van der Waals surface area contributed by atoms with Crippen LogP contribution in [0.3, 0.4) is 0 Å². The van der Waals surface area contributed by atoms with Crippen LogP contribution >= 0.6 is 11.3 Å². The molecule has 0 aliphatic carbocycles. The van der Waals surface area contributed by atoms with Gasteiger partial charge in [0.05, 0.1) is 6.42 Å². The molecule has 96 valence electrons. The van der Waals surface area contributed by atoms with E-state index in [-0.39, 0.29) is 23.7 Å². The summed E-state index contributed by atoms with van der Waals surface area (Å²) in [5.41, 5.74) is -0.281. The van der Waals surface area contributed by atoms with E-state index in [2.05, 4.69) is 4.98 Å². The van der Waals surface area contributed by atoms with E-state index in [1.54, 1.807) is 32.3 Å². The van der Waals surface area contributed by atoms with Crippen LogP contribution in [0.5, 0.6) is 0 Å². The number of hydrogen-bond donors (Lipinski definition) is 0. The van der Waals surface area contributed by atoms with Gasteiger partial charge in [0.1, 0.15) is 17.7 Å². The summed E-state index contributed by atoms with van der Waals surface area (Å²) in [5.74, 6) is -0.166. The number of ketones is 1. The number of hydrogen-bond acceptors (Lipinski definition) is 5. The van der Waals surface area contributed by atoms with Crippen molar-refractivity contribution in [1.29, 1.82) is 0 Å². The van der Waals surface area contributed by atoms with Gasteiger partial charge in [0.25, 0.3) is 4.96 Å². The Morgan fingerprint density at radius 3 is 2.78 bits per heavy atom. The van der Waals surface area contributed by atoms with Crippen molar-refractivity contribution in [2.45, 2.75) is 27.2 Å². The van der Waals surface area contributed by atoms with Gasteiger partial charge in [-0.3, -0.25) is 4.79 Å². The number of fused-ring (bicyclic) bond motifs is 1. The van der Waals surface area contributed by atoms with Crippen LogP contribution in [-0.4, -0.2) is 20.1 Å². The lowest BCUT2D eigenvalue weighted by atomic mass is 9.88. The fourth-order valence-corrected chi connectivity index (χ4v) is 2.28. The molecule has 2 rings (SSSR count). The zero-order chi connectivity index (χ0) is 13.5. The van der Waals surface area contributed by atoms with Crippen molar-refractivity contribution in [1.82, 2.24) is 9.38 Å². The van der Waals surface area contributed by atoms with Crippen molar-refractivity contribution in [3.63, 3.8) is 0 Å². The summed E-state index contributed by atoms with van der Waals surface area (Å²) in [7, 11) is 0. The van der Waals surface area contributed by atoms with Crippen LogP contribution < -0.4 is 0 Å². The van der Waals surface area contributed by atoms with Crippen molar-refractivity contribution < 1.29 is 9.72 Å². The minimum absolute atomic E-state index is 0.00574. The largest absolute Gasteiger partial charge is 0.358 e. The van der Waals surface area contributed by atoms with Gasteiger partial charge in [0.2, 0.25) is 0 Å². The second-order valence-corrected chi connectivity index (χ2v) is 5.92. The van der Waals surface area contributed by atoms with Crippen molar-refractivity contribution in [3.8, 4) is 0 Å². The normalized spacial score (nSPS) is 11.9. The number of thiazole rings is 1. The van der Waals surface area contributed by atoms with Gasteiger partial charge in [0.15, 0.2) is 0 Å². The molecule has 0 aliphatic heterocycles. The molecule has 2 aromatic heterocycles. The van der Waals surface area contributed by atoms with Gasteiger partial charge in [-0.05, 0) is 4.92 Å². The molecule has 0 unspecified atom stereocenters. The highest BCUT2D eigenvalue weighted by atomic mass is 32.1. The number of Topliss-reactive ketones (excluding diaryl/α,β-unsaturated/α-hetero) is 1. The minimum atomic E-state index is -0.523. The molecule has 2 aromatic rings. The average molecular weight is 267 g/mol. The molecule has 0 saturated heterocycles. The van der Waals surface area contributed by atoms with Crippen molar-refractivity contribution in [3.05, 3.63) is 27.4 Å². The number of imidazole rings is 1. The Labute approximate surface area is 107 Å². The molecule has 0 fully saturated rings. The number of carbonyl (C=O) groups excluding carboxylic acids is 1. The van der Waals surface area contributed by atoms with Gasteiger partial charge in [-0.2, -0.15) is 9.38 Å². The average Bonchev–Trinajstić information content (AvgIpc) is 2.74. The highest BCUT2D eigenvalue weighted by Crippen LogP contribution is 2.26. The van der Waals surface area contributed by atoms with Crippen molar-refractivity contribution >= 4 is 27.9 Å². The maximum Gasteiger partial charge on any atom is 0.352 e. The first kappa shape index (κ1) is 12.7. The third-order valence-corrected chi connectivity index (χ3v) is 3.40. The van der Waals surface area contributed by atoms with E-state index in [1.165, 1.54) is 15.7 Å². The molecule has 0 saturated carbocycles. The first-order valence-corrected chi connectivity index (χ1v) is 6.31. The number of carbonyl (C=O) groups is 1. The van der Waals surface area contributed by atoms with Gasteiger partial charge < -0.3 is 10.1 Å². The SMILES string of the molecule is CC(C)(C)C(=O)Cc1nc2sccn2c1[N+](=O)[O-]. The molecule has 7 heteroatoms. The van der Waals surface area contributed by atoms with E-state index in [1.807, 2.05) is 0 Å². The zero-order valence-corrected chi connectivity index (χ0v) is 11.2. The molecule has 0 amide bonds. The molecule has 6 nitrogen and oxygen atoms in total. The van der Waals surface area contributed by atoms with Crippen molar-refractivity contribution in [2.24, 2.45) is 5.41 Å². The zero-order valence-electron chi connectivity index (χ0n) is 10.3. The topological polar surface area (TPSA) is 77.5 Å². The fourth-order valence-electron chi connectivity index (χ4n) is 1.55. The molecule has 0 radical (unpaired) electrons. The lowest BCUT2D eigenvalue weighted by molar-refractivity contribution is -0.391. The lowest BCUT2D eigenvalue weighted by Crippen LogP contribution is -2.22. The number of rotatable bonds is 3. The highest BCUT2D eigenvalue weighted by Gasteiger charge is 2.29. The number of nitrogens with zero attached hydrogens (tertiary/aromatic N) is 3. The van der Waals surface area contributed by atoms with E-state index in [4.69, 9.17) is 0 Å². The van der Waals surface area contributed by atoms with Crippen LogP contribution in [-0.2, 0) is 11.2 Å². The maximum atomic E-state index is 11.9. The smallest absolute Gasteiger partial charge is 0.352 e. The Bertz CT molecular complexity index is 621. The predicted molar refractivity (Wildman–Crippen MR) is 67.9 cm³/mol. The van der Waals surface area contributed by atoms with Crippen LogP contribution in [0.25, 0.3) is 4.96 Å². The molecular weight excluding hydrogens is 254 g/mol. The Hall–Kier alpha value is -1.76. The first-order chi connectivity index (χ1) is 8.30. The standard InChI is InChI=1S/C11H13N3O3S/c1-11(2,3)8(15)6-7-9(14(16)17)13-4-5-18-10(13)12-7/h4-5H,6H2,1-3H3. The summed E-state index contributed by atoms with van der Waals surface area (Å²) in [5, 5.41) is 12.8. The summed E-state index contributed by atoms with van der Waals surface area (Å²) >= 11 is 1.31. The Balaban J connectivity index is 2.45. The predicted octanol–water partition coefficient (Wildman–Crippen LogP) is 2.46. The Kier molecular flexibility index (Phi) is 2.94. The molecule has 0 aliphatic rings. The highest BCUT2D eigenvalue weighted by molar-refractivity contribution is 7.15. The minimum Gasteiger partial charge on any atom is -0.358 e. The monoisotopic (exact) mass is 267 g/mol. The first-order valence-electron chi connectivity index (χ1n) is 5.43. The summed E-state index contributed by atoms with van der Waals surface area (Å²) in [6, 6.07) is 0. The molecule has 0 N–H and O–H groups in total. The van der Waals surface area contributed by atoms with E-state index >= 15 is 0 Å². The van der Waals surface area contributed by atoms with Crippen molar-refractivity contribution in [2.75, 3.05) is 0 Å². The van der Waals surface area contributed by atoms with Crippen LogP contribution in [0.1, 0.15) is 26.5 Å². The molecule has 0 bridgehead atoms. The fraction of sp³-hybridized carbons (Fsp3) is 0.455. The van der Waals surface area contributed by atoms with Gasteiger partial charge in [-0.1, -0.05) is 32.1 Å². The maximum absolute atomic E-state index is 11.9. The number of nitro groups is 1. The number of aromatic nitrogens is 2. The van der Waals surface area contributed by atoms with Gasteiger partial charge in [-0.25, -0.2) is 0 Å². The summed E-state index contributed by atoms with van der Waals surface area (Å²) in [6.45, 7) is 5.37. The van der Waals surface area contributed by atoms with E-state index in [9.17, 15) is 14.9 Å². The summed E-state index contributed by atoms with van der Waals surface area (Å²) < 4.78 is 1.41. The van der Waals surface area contributed by atoms with Crippen LogP contribution in [0, 0.1) is 15.5 Å². The third-order valence-electron chi connectivity index (χ3n) is 2.64. The second-order valence-electron chi connectivity index (χ2n) is 5.04. The molecule has 0 aromatic carbocycles. The Morgan fingerprint density at radius 1 is 1.56 bits per heavy atom. The van der Waals surface area contributed by atoms with E-state index in [0.29, 0.717) is 4.96 Å². The van der Waals surface area contributed by atoms with E-state index < -0.39 is 10.3 Å². The summed E-state index contributed by atoms with van der Waals surface area (Å²) in [6.07, 6.45) is 1.59. The van der Waals surface area contributed by atoms with Crippen LogP contribution in [0.2, 0.25) is 0 Å². The quantitative estimate of drug-likeness (QED) is 0.632. The van der Waals surface area contributed by atoms with E-state index in [0.717, 1.165) is 0 Å². The molecular formula is C11H13N3O3S. The molecule has 0 spiro atoms. The second kappa shape index (κ2) is 4.16. The molecule has 0 atom stereocenters. The van der Waals surface area contributed by atoms with Crippen LogP contribution in [0.4, 0.5) is 5.82 Å². The van der Waals surface area contributed by atoms with Gasteiger partial charge in [-0.15, -0.1) is 0 Å². The molecule has 2 heterocycles. The van der Waals surface area contributed by atoms with Gasteiger partial charge in [0, 0.05) is 10.8 Å². The van der Waals surface area contributed by atoms with Gasteiger partial charge >= 0.3 is 5.82 Å². The van der Waals surface area contributed by atoms with Crippen LogP contribution in [0.15, 0.2) is 11.6 Å². The Morgan fingerprint density at radius 2 is 2.22 bits per heavy atom.